The summed E-state index contributed by atoms with van der Waals surface area (Å²) in [4.78, 5) is 4.03. The third-order valence-electron chi connectivity index (χ3n) is 3.39. The quantitative estimate of drug-likeness (QED) is 0.857. The molecular weight excluding hydrogens is 276 g/mol. The van der Waals surface area contributed by atoms with Gasteiger partial charge in [0.05, 0.1) is 6.20 Å². The first-order valence-corrected chi connectivity index (χ1v) is 7.66. The summed E-state index contributed by atoms with van der Waals surface area (Å²) >= 11 is 0. The van der Waals surface area contributed by atoms with Gasteiger partial charge in [-0.1, -0.05) is 6.07 Å². The maximum absolute atomic E-state index is 12.7. The zero-order chi connectivity index (χ0) is 14.9. The Hall–Kier alpha value is -1.73. The number of hydrogen-bond acceptors (Lipinski definition) is 4. The predicted molar refractivity (Wildman–Crippen MR) is 75.5 cm³/mol. The topological polar surface area (TPSA) is 68.1 Å². The van der Waals surface area contributed by atoms with Crippen molar-refractivity contribution in [3.8, 4) is 0 Å². The highest BCUT2D eigenvalue weighted by atomic mass is 32.2. The molecule has 0 radical (unpaired) electrons. The van der Waals surface area contributed by atoms with Gasteiger partial charge in [-0.25, -0.2) is 8.42 Å². The molecular formula is C13H18N4O2S. The summed E-state index contributed by atoms with van der Waals surface area (Å²) in [7, 11) is -0.402. The van der Waals surface area contributed by atoms with Crippen LogP contribution in [0.3, 0.4) is 0 Å². The molecule has 0 unspecified atom stereocenters. The molecule has 2 heterocycles. The second-order valence-corrected chi connectivity index (χ2v) is 6.65. The molecule has 6 nitrogen and oxygen atoms in total. The van der Waals surface area contributed by atoms with Gasteiger partial charge in [-0.05, 0) is 25.5 Å². The standard InChI is InChI=1S/C13H18N4O2S/c1-10-8-15-16(3)13(10)20(18,19)17(4)11(2)12-6-5-7-14-9-12/h5-9,11H,1-4H3/t11-/m1/s1. The number of nitrogens with zero attached hydrogens (tertiary/aromatic N) is 4. The van der Waals surface area contributed by atoms with Gasteiger partial charge in [-0.3, -0.25) is 9.67 Å². The fraction of sp³-hybridized carbons (Fsp3) is 0.385. The van der Waals surface area contributed by atoms with Crippen LogP contribution in [0.15, 0.2) is 35.7 Å². The van der Waals surface area contributed by atoms with E-state index in [0.717, 1.165) is 5.56 Å². The van der Waals surface area contributed by atoms with Crippen molar-refractivity contribution in [2.45, 2.75) is 24.9 Å². The van der Waals surface area contributed by atoms with E-state index in [1.54, 1.807) is 45.7 Å². The third-order valence-corrected chi connectivity index (χ3v) is 5.54. The van der Waals surface area contributed by atoms with Crippen molar-refractivity contribution in [1.82, 2.24) is 19.1 Å². The Morgan fingerprint density at radius 1 is 1.35 bits per heavy atom. The Morgan fingerprint density at radius 2 is 2.05 bits per heavy atom. The van der Waals surface area contributed by atoms with Crippen molar-refractivity contribution in [1.29, 1.82) is 0 Å². The van der Waals surface area contributed by atoms with Crippen LogP contribution in [0.1, 0.15) is 24.1 Å². The van der Waals surface area contributed by atoms with Gasteiger partial charge in [0.2, 0.25) is 0 Å². The van der Waals surface area contributed by atoms with Crippen LogP contribution in [0.4, 0.5) is 0 Å². The summed E-state index contributed by atoms with van der Waals surface area (Å²) in [5, 5.41) is 4.21. The summed E-state index contributed by atoms with van der Waals surface area (Å²) in [6.07, 6.45) is 4.89. The van der Waals surface area contributed by atoms with Gasteiger partial charge in [0.1, 0.15) is 0 Å². The molecule has 0 fully saturated rings. The molecule has 0 saturated heterocycles. The predicted octanol–water partition coefficient (Wildman–Crippen LogP) is 1.51. The molecule has 2 rings (SSSR count). The van der Waals surface area contributed by atoms with Crippen LogP contribution in [0.5, 0.6) is 0 Å². The second-order valence-electron chi connectivity index (χ2n) is 4.74. The van der Waals surface area contributed by atoms with E-state index in [0.29, 0.717) is 5.56 Å². The van der Waals surface area contributed by atoms with Gasteiger partial charge >= 0.3 is 0 Å². The molecule has 0 aliphatic carbocycles. The molecule has 0 bridgehead atoms. The van der Waals surface area contributed by atoms with Crippen LogP contribution in [0, 0.1) is 6.92 Å². The molecule has 0 N–H and O–H groups in total. The molecule has 0 spiro atoms. The lowest BCUT2D eigenvalue weighted by molar-refractivity contribution is 0.392. The Morgan fingerprint density at radius 3 is 2.55 bits per heavy atom. The number of pyridine rings is 1. The van der Waals surface area contributed by atoms with Gasteiger partial charge in [-0.15, -0.1) is 0 Å². The zero-order valence-electron chi connectivity index (χ0n) is 12.0. The summed E-state index contributed by atoms with van der Waals surface area (Å²) in [6.45, 7) is 3.57. The lowest BCUT2D eigenvalue weighted by Crippen LogP contribution is -2.31. The lowest BCUT2D eigenvalue weighted by Gasteiger charge is -2.24. The van der Waals surface area contributed by atoms with Gasteiger partial charge in [0, 0.05) is 38.1 Å². The Bertz CT molecular complexity index is 675. The van der Waals surface area contributed by atoms with Gasteiger partial charge in [-0.2, -0.15) is 9.40 Å². The molecule has 7 heteroatoms. The normalized spacial score (nSPS) is 13.7. The van der Waals surface area contributed by atoms with E-state index < -0.39 is 10.0 Å². The Balaban J connectivity index is 2.40. The zero-order valence-corrected chi connectivity index (χ0v) is 12.8. The number of hydrogen-bond donors (Lipinski definition) is 0. The van der Waals surface area contributed by atoms with E-state index in [9.17, 15) is 8.42 Å². The highest BCUT2D eigenvalue weighted by Gasteiger charge is 2.30. The van der Waals surface area contributed by atoms with Crippen molar-refractivity contribution in [3.63, 3.8) is 0 Å². The monoisotopic (exact) mass is 294 g/mol. The molecule has 2 aromatic heterocycles. The minimum atomic E-state index is -3.60. The summed E-state index contributed by atoms with van der Waals surface area (Å²) in [6, 6.07) is 3.35. The van der Waals surface area contributed by atoms with Crippen molar-refractivity contribution in [2.75, 3.05) is 7.05 Å². The molecule has 0 aliphatic rings. The fourth-order valence-electron chi connectivity index (χ4n) is 2.08. The number of sulfonamides is 1. The highest BCUT2D eigenvalue weighted by molar-refractivity contribution is 7.89. The molecule has 0 aliphatic heterocycles. The van der Waals surface area contributed by atoms with E-state index in [1.807, 2.05) is 13.0 Å². The molecule has 0 saturated carbocycles. The lowest BCUT2D eigenvalue weighted by atomic mass is 10.1. The summed E-state index contributed by atoms with van der Waals surface area (Å²) in [5.74, 6) is 0. The molecule has 1 atom stereocenters. The minimum absolute atomic E-state index is 0.218. The highest BCUT2D eigenvalue weighted by Crippen LogP contribution is 2.26. The summed E-state index contributed by atoms with van der Waals surface area (Å²) in [5.41, 5.74) is 1.48. The molecule has 0 aromatic carbocycles. The smallest absolute Gasteiger partial charge is 0.260 e. The molecule has 0 amide bonds. The van der Waals surface area contributed by atoms with E-state index in [2.05, 4.69) is 10.1 Å². The van der Waals surface area contributed by atoms with Crippen molar-refractivity contribution < 1.29 is 8.42 Å². The van der Waals surface area contributed by atoms with Gasteiger partial charge in [0.15, 0.2) is 5.03 Å². The van der Waals surface area contributed by atoms with Crippen molar-refractivity contribution >= 4 is 10.0 Å². The van der Waals surface area contributed by atoms with E-state index in [4.69, 9.17) is 0 Å². The minimum Gasteiger partial charge on any atom is -0.264 e. The average Bonchev–Trinajstić information content (AvgIpc) is 2.78. The second kappa shape index (κ2) is 5.34. The van der Waals surface area contributed by atoms with Gasteiger partial charge in [0.25, 0.3) is 10.0 Å². The van der Waals surface area contributed by atoms with Crippen LogP contribution in [-0.2, 0) is 17.1 Å². The van der Waals surface area contributed by atoms with E-state index in [1.165, 1.54) is 8.99 Å². The number of rotatable bonds is 4. The molecule has 108 valence electrons. The maximum Gasteiger partial charge on any atom is 0.260 e. The summed E-state index contributed by atoms with van der Waals surface area (Å²) < 4.78 is 28.1. The molecule has 20 heavy (non-hydrogen) atoms. The molecule has 2 aromatic rings. The van der Waals surface area contributed by atoms with Crippen LogP contribution >= 0.6 is 0 Å². The van der Waals surface area contributed by atoms with Crippen LogP contribution < -0.4 is 0 Å². The SMILES string of the molecule is Cc1cnn(C)c1S(=O)(=O)N(C)[C@H](C)c1cccnc1. The first kappa shape index (κ1) is 14.7. The number of aryl methyl sites for hydroxylation is 2. The Kier molecular flexibility index (Phi) is 3.92. The van der Waals surface area contributed by atoms with Crippen molar-refractivity contribution in [3.05, 3.63) is 41.9 Å². The van der Waals surface area contributed by atoms with Crippen LogP contribution in [-0.4, -0.2) is 34.5 Å². The van der Waals surface area contributed by atoms with Crippen molar-refractivity contribution in [2.24, 2.45) is 7.05 Å². The van der Waals surface area contributed by atoms with Crippen LogP contribution in [0.2, 0.25) is 0 Å². The largest absolute Gasteiger partial charge is 0.264 e. The first-order chi connectivity index (χ1) is 9.35. The van der Waals surface area contributed by atoms with E-state index >= 15 is 0 Å². The van der Waals surface area contributed by atoms with Crippen LogP contribution in [0.25, 0.3) is 0 Å². The first-order valence-electron chi connectivity index (χ1n) is 6.22. The van der Waals surface area contributed by atoms with Gasteiger partial charge < -0.3 is 0 Å². The van der Waals surface area contributed by atoms with E-state index in [-0.39, 0.29) is 11.1 Å². The maximum atomic E-state index is 12.7. The Labute approximate surface area is 119 Å². The fourth-order valence-corrected chi connectivity index (χ4v) is 3.74. The third kappa shape index (κ3) is 2.46. The number of aromatic nitrogens is 3. The average molecular weight is 294 g/mol.